The summed E-state index contributed by atoms with van der Waals surface area (Å²) < 4.78 is 1.19. The molecule has 2 nitrogen and oxygen atoms in total. The first-order valence-electron chi connectivity index (χ1n) is 6.82. The van der Waals surface area contributed by atoms with Crippen LogP contribution in [0.15, 0.2) is 40.4 Å². The van der Waals surface area contributed by atoms with Crippen LogP contribution in [0.1, 0.15) is 37.1 Å². The molecule has 0 amide bonds. The van der Waals surface area contributed by atoms with Crippen molar-refractivity contribution in [1.29, 1.82) is 0 Å². The van der Waals surface area contributed by atoms with Gasteiger partial charge in [-0.3, -0.25) is 4.98 Å². The summed E-state index contributed by atoms with van der Waals surface area (Å²) in [6.45, 7) is 7.58. The molecule has 0 bridgehead atoms. The van der Waals surface area contributed by atoms with Gasteiger partial charge in [-0.2, -0.15) is 0 Å². The molecule has 0 saturated carbocycles. The minimum Gasteiger partial charge on any atom is -0.311 e. The average molecular weight is 353 g/mol. The van der Waals surface area contributed by atoms with E-state index >= 15 is 0 Å². The van der Waals surface area contributed by atoms with Gasteiger partial charge in [0.15, 0.2) is 0 Å². The van der Waals surface area contributed by atoms with Crippen LogP contribution in [0.5, 0.6) is 0 Å². The smallest absolute Gasteiger partial charge is 0.0794 e. The first-order valence-corrected chi connectivity index (χ1v) is 8.50. The molecule has 2 aromatic rings. The molecule has 1 aromatic carbocycles. The molecule has 20 heavy (non-hydrogen) atoms. The number of aromatic nitrogens is 1. The molecule has 0 spiro atoms. The van der Waals surface area contributed by atoms with Gasteiger partial charge in [0.2, 0.25) is 0 Å². The molecule has 0 aliphatic rings. The largest absolute Gasteiger partial charge is 0.311 e. The highest BCUT2D eigenvalue weighted by Gasteiger charge is 2.18. The molecule has 0 saturated heterocycles. The second kappa shape index (κ2) is 6.83. The fourth-order valence-corrected chi connectivity index (χ4v) is 3.40. The van der Waals surface area contributed by atoms with Crippen LogP contribution in [0.2, 0.25) is 0 Å². The molecule has 108 valence electrons. The number of hydrogen-bond acceptors (Lipinski definition) is 3. The average Bonchev–Trinajstić information content (AvgIpc) is 2.87. The van der Waals surface area contributed by atoms with Crippen LogP contribution < -0.4 is 5.32 Å². The van der Waals surface area contributed by atoms with Gasteiger partial charge in [-0.25, -0.2) is 0 Å². The number of halogens is 1. The Kier molecular flexibility index (Phi) is 5.35. The van der Waals surface area contributed by atoms with E-state index in [1.807, 2.05) is 11.7 Å². The van der Waals surface area contributed by atoms with Crippen LogP contribution >= 0.6 is 27.3 Å². The number of rotatable bonds is 5. The van der Waals surface area contributed by atoms with Crippen LogP contribution in [0.3, 0.4) is 0 Å². The lowest BCUT2D eigenvalue weighted by Crippen LogP contribution is -2.39. The first-order chi connectivity index (χ1) is 9.46. The van der Waals surface area contributed by atoms with Crippen molar-refractivity contribution >= 4 is 27.3 Å². The molecule has 1 unspecified atom stereocenters. The zero-order chi connectivity index (χ0) is 14.6. The van der Waals surface area contributed by atoms with Gasteiger partial charge in [0, 0.05) is 33.5 Å². The van der Waals surface area contributed by atoms with E-state index < -0.39 is 0 Å². The lowest BCUT2D eigenvalue weighted by atomic mass is 9.94. The zero-order valence-corrected chi connectivity index (χ0v) is 14.6. The molecule has 1 atom stereocenters. The van der Waals surface area contributed by atoms with E-state index in [2.05, 4.69) is 71.3 Å². The second-order valence-electron chi connectivity index (χ2n) is 6.02. The molecule has 4 heteroatoms. The monoisotopic (exact) mass is 352 g/mol. The number of benzene rings is 1. The highest BCUT2D eigenvalue weighted by atomic mass is 79.9. The van der Waals surface area contributed by atoms with Crippen LogP contribution in [-0.2, 0) is 6.42 Å². The fraction of sp³-hybridized carbons (Fsp3) is 0.438. The Labute approximate surface area is 133 Å². The predicted molar refractivity (Wildman–Crippen MR) is 90.5 cm³/mol. The van der Waals surface area contributed by atoms with Gasteiger partial charge in [0.25, 0.3) is 0 Å². The highest BCUT2D eigenvalue weighted by molar-refractivity contribution is 9.10. The Morgan fingerprint density at radius 2 is 2.05 bits per heavy atom. The Hall–Kier alpha value is -0.710. The Bertz CT molecular complexity index is 532. The maximum atomic E-state index is 4.19. The van der Waals surface area contributed by atoms with Gasteiger partial charge in [0.1, 0.15) is 0 Å². The summed E-state index contributed by atoms with van der Waals surface area (Å²) in [5.74, 6) is 0.449. The Balaban J connectivity index is 2.17. The van der Waals surface area contributed by atoms with Gasteiger partial charge >= 0.3 is 0 Å². The first kappa shape index (κ1) is 15.7. The third kappa shape index (κ3) is 4.69. The minimum absolute atomic E-state index is 0.132. The lowest BCUT2D eigenvalue weighted by molar-refractivity contribution is 0.405. The van der Waals surface area contributed by atoms with E-state index in [9.17, 15) is 0 Å². The van der Waals surface area contributed by atoms with E-state index in [4.69, 9.17) is 0 Å². The molecule has 1 heterocycles. The predicted octanol–water partition coefficient (Wildman–Crippen LogP) is 4.62. The number of thiazole rings is 1. The molecule has 2 rings (SSSR count). The van der Waals surface area contributed by atoms with Gasteiger partial charge in [-0.1, -0.05) is 34.1 Å². The van der Waals surface area contributed by atoms with Crippen molar-refractivity contribution < 1.29 is 0 Å². The Morgan fingerprint density at radius 1 is 1.30 bits per heavy atom. The summed E-state index contributed by atoms with van der Waals surface area (Å²) in [5, 5.41) is 3.62. The van der Waals surface area contributed by atoms with Crippen molar-refractivity contribution in [3.8, 4) is 0 Å². The second-order valence-corrected chi connectivity index (χ2v) is 7.85. The van der Waals surface area contributed by atoms with Crippen LogP contribution in [0.25, 0.3) is 0 Å². The van der Waals surface area contributed by atoms with Crippen LogP contribution in [-0.4, -0.2) is 17.1 Å². The molecule has 1 aromatic heterocycles. The molecular formula is C16H21BrN2S. The van der Waals surface area contributed by atoms with E-state index in [0.717, 1.165) is 13.0 Å². The molecule has 0 aliphatic heterocycles. The summed E-state index contributed by atoms with van der Waals surface area (Å²) in [5.41, 5.74) is 3.40. The maximum Gasteiger partial charge on any atom is 0.0794 e. The molecule has 1 N–H and O–H groups in total. The summed E-state index contributed by atoms with van der Waals surface area (Å²) >= 11 is 5.41. The maximum absolute atomic E-state index is 4.19. The van der Waals surface area contributed by atoms with Gasteiger partial charge < -0.3 is 5.32 Å². The fourth-order valence-electron chi connectivity index (χ4n) is 2.11. The topological polar surface area (TPSA) is 24.9 Å². The van der Waals surface area contributed by atoms with Crippen LogP contribution in [0, 0.1) is 0 Å². The van der Waals surface area contributed by atoms with Crippen molar-refractivity contribution in [2.24, 2.45) is 0 Å². The summed E-state index contributed by atoms with van der Waals surface area (Å²) in [6.07, 6.45) is 3.00. The number of nitrogens with zero attached hydrogens (tertiary/aromatic N) is 1. The lowest BCUT2D eigenvalue weighted by Gasteiger charge is -2.26. The summed E-state index contributed by atoms with van der Waals surface area (Å²) in [7, 11) is 0. The van der Waals surface area contributed by atoms with Gasteiger partial charge in [-0.15, -0.1) is 11.3 Å². The minimum atomic E-state index is 0.132. The normalized spacial score (nSPS) is 13.4. The zero-order valence-electron chi connectivity index (χ0n) is 12.2. The SMILES string of the molecule is CC(C)(C)NCC(Cc1cncs1)c1ccccc1Br. The molecule has 0 fully saturated rings. The van der Waals surface area contributed by atoms with Crippen molar-refractivity contribution in [3.63, 3.8) is 0 Å². The van der Waals surface area contributed by atoms with E-state index in [1.54, 1.807) is 11.3 Å². The standard InChI is InChI=1S/C16H21BrN2S/c1-16(2,3)19-9-12(8-13-10-18-11-20-13)14-6-4-5-7-15(14)17/h4-7,10-12,19H,8-9H2,1-3H3. The Morgan fingerprint density at radius 3 is 2.65 bits per heavy atom. The quantitative estimate of drug-likeness (QED) is 0.848. The third-order valence-electron chi connectivity index (χ3n) is 3.15. The summed E-state index contributed by atoms with van der Waals surface area (Å²) in [4.78, 5) is 5.52. The van der Waals surface area contributed by atoms with Crippen molar-refractivity contribution in [2.75, 3.05) is 6.54 Å². The number of nitrogens with one attached hydrogen (secondary N) is 1. The molecular weight excluding hydrogens is 332 g/mol. The molecule has 0 aliphatic carbocycles. The van der Waals surface area contributed by atoms with Crippen molar-refractivity contribution in [1.82, 2.24) is 10.3 Å². The summed E-state index contributed by atoms with van der Waals surface area (Å²) in [6, 6.07) is 8.50. The van der Waals surface area contributed by atoms with Crippen molar-refractivity contribution in [2.45, 2.75) is 38.6 Å². The highest BCUT2D eigenvalue weighted by Crippen LogP contribution is 2.28. The van der Waals surface area contributed by atoms with E-state index in [-0.39, 0.29) is 5.54 Å². The van der Waals surface area contributed by atoms with E-state index in [1.165, 1.54) is 14.9 Å². The third-order valence-corrected chi connectivity index (χ3v) is 4.68. The number of hydrogen-bond donors (Lipinski definition) is 1. The van der Waals surface area contributed by atoms with E-state index in [0.29, 0.717) is 5.92 Å². The van der Waals surface area contributed by atoms with Gasteiger partial charge in [0.05, 0.1) is 5.51 Å². The van der Waals surface area contributed by atoms with Crippen LogP contribution in [0.4, 0.5) is 0 Å². The van der Waals surface area contributed by atoms with Gasteiger partial charge in [-0.05, 0) is 38.8 Å². The molecule has 0 radical (unpaired) electrons. The van der Waals surface area contributed by atoms with Crippen molar-refractivity contribution in [3.05, 3.63) is 50.9 Å².